The van der Waals surface area contributed by atoms with E-state index < -0.39 is 5.97 Å². The molecule has 0 saturated heterocycles. The Hall–Kier alpha value is -1.33. The largest absolute Gasteiger partial charge is 0.480 e. The van der Waals surface area contributed by atoms with Crippen molar-refractivity contribution in [3.63, 3.8) is 0 Å². The van der Waals surface area contributed by atoms with E-state index in [0.29, 0.717) is 13.1 Å². The summed E-state index contributed by atoms with van der Waals surface area (Å²) < 4.78 is 12.7. The number of carboxylic acid groups (broad SMARTS) is 1. The van der Waals surface area contributed by atoms with E-state index in [-0.39, 0.29) is 12.4 Å². The van der Waals surface area contributed by atoms with Crippen LogP contribution in [0.1, 0.15) is 0 Å². The Morgan fingerprint density at radius 2 is 2.11 bits per heavy atom. The summed E-state index contributed by atoms with van der Waals surface area (Å²) in [5.41, 5.74) is 0. The van der Waals surface area contributed by atoms with Crippen LogP contribution in [0.25, 0.3) is 0 Å². The van der Waals surface area contributed by atoms with E-state index in [1.165, 1.54) is 12.1 Å². The summed E-state index contributed by atoms with van der Waals surface area (Å²) in [4.78, 5) is 13.4. The molecular formula is C13H16FNO2S. The van der Waals surface area contributed by atoms with E-state index in [1.54, 1.807) is 34.9 Å². The maximum absolute atomic E-state index is 12.7. The van der Waals surface area contributed by atoms with Gasteiger partial charge >= 0.3 is 5.97 Å². The Kier molecular flexibility index (Phi) is 6.46. The summed E-state index contributed by atoms with van der Waals surface area (Å²) in [5.74, 6) is -0.339. The van der Waals surface area contributed by atoms with Crippen LogP contribution in [0.2, 0.25) is 0 Å². The molecule has 0 aliphatic heterocycles. The summed E-state index contributed by atoms with van der Waals surface area (Å²) in [5, 5.41) is 8.73. The van der Waals surface area contributed by atoms with Gasteiger partial charge in [0.15, 0.2) is 0 Å². The predicted octanol–water partition coefficient (Wildman–Crippen LogP) is 2.49. The SMILES string of the molecule is C=CCN(CCSc1ccc(F)cc1)CC(=O)O. The number of carbonyl (C=O) groups is 1. The fourth-order valence-electron chi connectivity index (χ4n) is 1.43. The Bertz CT molecular complexity index is 394. The van der Waals surface area contributed by atoms with Crippen molar-refractivity contribution in [1.82, 2.24) is 4.90 Å². The van der Waals surface area contributed by atoms with Crippen LogP contribution in [0.15, 0.2) is 41.8 Å². The number of hydrogen-bond acceptors (Lipinski definition) is 3. The van der Waals surface area contributed by atoms with Gasteiger partial charge in [-0.05, 0) is 24.3 Å². The lowest BCUT2D eigenvalue weighted by atomic mass is 10.4. The number of carboxylic acids is 1. The molecule has 0 bridgehead atoms. The number of aliphatic carboxylic acids is 1. The molecule has 0 amide bonds. The summed E-state index contributed by atoms with van der Waals surface area (Å²) in [6, 6.07) is 6.27. The zero-order valence-electron chi connectivity index (χ0n) is 10.0. The van der Waals surface area contributed by atoms with Gasteiger partial charge in [-0.25, -0.2) is 4.39 Å². The van der Waals surface area contributed by atoms with Crippen molar-refractivity contribution in [2.45, 2.75) is 4.90 Å². The number of nitrogens with zero attached hydrogens (tertiary/aromatic N) is 1. The quantitative estimate of drug-likeness (QED) is 0.581. The van der Waals surface area contributed by atoms with E-state index in [0.717, 1.165) is 10.6 Å². The summed E-state index contributed by atoms with van der Waals surface area (Å²) >= 11 is 1.57. The molecule has 0 spiro atoms. The highest BCUT2D eigenvalue weighted by Gasteiger charge is 2.07. The highest BCUT2D eigenvalue weighted by molar-refractivity contribution is 7.99. The normalized spacial score (nSPS) is 10.6. The average molecular weight is 269 g/mol. The lowest BCUT2D eigenvalue weighted by Crippen LogP contribution is -2.31. The first-order valence-corrected chi connectivity index (χ1v) is 6.54. The zero-order valence-corrected chi connectivity index (χ0v) is 10.8. The van der Waals surface area contributed by atoms with E-state index in [4.69, 9.17) is 5.11 Å². The summed E-state index contributed by atoms with van der Waals surface area (Å²) in [6.07, 6.45) is 1.69. The van der Waals surface area contributed by atoms with E-state index in [1.807, 2.05) is 0 Å². The molecule has 3 nitrogen and oxygen atoms in total. The molecule has 0 unspecified atom stereocenters. The molecule has 0 fully saturated rings. The average Bonchev–Trinajstić information content (AvgIpc) is 2.31. The van der Waals surface area contributed by atoms with Gasteiger partial charge in [0.05, 0.1) is 6.54 Å². The minimum absolute atomic E-state index is 0.00992. The van der Waals surface area contributed by atoms with Gasteiger partial charge in [-0.1, -0.05) is 6.08 Å². The van der Waals surface area contributed by atoms with E-state index in [9.17, 15) is 9.18 Å². The minimum Gasteiger partial charge on any atom is -0.480 e. The van der Waals surface area contributed by atoms with Crippen molar-refractivity contribution >= 4 is 17.7 Å². The van der Waals surface area contributed by atoms with Crippen molar-refractivity contribution < 1.29 is 14.3 Å². The molecule has 0 aliphatic rings. The summed E-state index contributed by atoms with van der Waals surface area (Å²) in [6.45, 7) is 4.82. The predicted molar refractivity (Wildman–Crippen MR) is 71.4 cm³/mol. The van der Waals surface area contributed by atoms with Gasteiger partial charge in [-0.15, -0.1) is 18.3 Å². The molecule has 0 atom stereocenters. The highest BCUT2D eigenvalue weighted by Crippen LogP contribution is 2.17. The molecule has 1 rings (SSSR count). The standard InChI is InChI=1S/C13H16FNO2S/c1-2-7-15(10-13(16)17)8-9-18-12-5-3-11(14)4-6-12/h2-6H,1,7-10H2,(H,16,17). The van der Waals surface area contributed by atoms with Gasteiger partial charge in [0, 0.05) is 23.7 Å². The first-order valence-electron chi connectivity index (χ1n) is 5.55. The molecule has 0 aromatic heterocycles. The Morgan fingerprint density at radius 3 is 2.67 bits per heavy atom. The minimum atomic E-state index is -0.844. The second kappa shape index (κ2) is 7.89. The summed E-state index contributed by atoms with van der Waals surface area (Å²) in [7, 11) is 0. The van der Waals surface area contributed by atoms with Gasteiger partial charge < -0.3 is 5.11 Å². The van der Waals surface area contributed by atoms with Crippen molar-refractivity contribution in [3.8, 4) is 0 Å². The van der Waals surface area contributed by atoms with Crippen molar-refractivity contribution in [2.75, 3.05) is 25.4 Å². The topological polar surface area (TPSA) is 40.5 Å². The van der Waals surface area contributed by atoms with E-state index in [2.05, 4.69) is 6.58 Å². The fraction of sp³-hybridized carbons (Fsp3) is 0.308. The third-order valence-electron chi connectivity index (χ3n) is 2.24. The third-order valence-corrected chi connectivity index (χ3v) is 3.23. The lowest BCUT2D eigenvalue weighted by molar-refractivity contribution is -0.138. The van der Waals surface area contributed by atoms with Crippen molar-refractivity contribution in [3.05, 3.63) is 42.7 Å². The number of rotatable bonds is 8. The van der Waals surface area contributed by atoms with E-state index >= 15 is 0 Å². The lowest BCUT2D eigenvalue weighted by Gasteiger charge is -2.17. The Morgan fingerprint density at radius 1 is 1.44 bits per heavy atom. The molecule has 1 aromatic carbocycles. The van der Waals surface area contributed by atoms with Crippen LogP contribution in [0.3, 0.4) is 0 Å². The molecule has 5 heteroatoms. The maximum Gasteiger partial charge on any atom is 0.317 e. The van der Waals surface area contributed by atoms with Gasteiger partial charge in [-0.3, -0.25) is 9.69 Å². The second-order valence-corrected chi connectivity index (χ2v) is 4.89. The van der Waals surface area contributed by atoms with Crippen LogP contribution >= 0.6 is 11.8 Å². The molecule has 18 heavy (non-hydrogen) atoms. The van der Waals surface area contributed by atoms with Crippen molar-refractivity contribution in [2.24, 2.45) is 0 Å². The highest BCUT2D eigenvalue weighted by atomic mass is 32.2. The Labute approximate surface area is 110 Å². The van der Waals surface area contributed by atoms with Crippen LogP contribution in [0.5, 0.6) is 0 Å². The Balaban J connectivity index is 2.35. The molecule has 0 aliphatic carbocycles. The second-order valence-electron chi connectivity index (χ2n) is 3.72. The number of benzene rings is 1. The fourth-order valence-corrected chi connectivity index (χ4v) is 2.35. The van der Waals surface area contributed by atoms with Gasteiger partial charge in [0.25, 0.3) is 0 Å². The molecule has 0 radical (unpaired) electrons. The smallest absolute Gasteiger partial charge is 0.317 e. The van der Waals surface area contributed by atoms with Gasteiger partial charge in [-0.2, -0.15) is 0 Å². The molecule has 1 aromatic rings. The molecule has 0 saturated carbocycles. The van der Waals surface area contributed by atoms with Crippen LogP contribution in [-0.2, 0) is 4.79 Å². The molecule has 1 N–H and O–H groups in total. The number of halogens is 1. The zero-order chi connectivity index (χ0) is 13.4. The van der Waals surface area contributed by atoms with Crippen LogP contribution in [0, 0.1) is 5.82 Å². The van der Waals surface area contributed by atoms with Crippen molar-refractivity contribution in [1.29, 1.82) is 0 Å². The van der Waals surface area contributed by atoms with Gasteiger partial charge in [0.1, 0.15) is 5.82 Å². The molecule has 98 valence electrons. The monoisotopic (exact) mass is 269 g/mol. The van der Waals surface area contributed by atoms with Gasteiger partial charge in [0.2, 0.25) is 0 Å². The molecule has 0 heterocycles. The third kappa shape index (κ3) is 5.84. The van der Waals surface area contributed by atoms with Crippen LogP contribution in [-0.4, -0.2) is 41.4 Å². The first-order chi connectivity index (χ1) is 8.61. The molecular weight excluding hydrogens is 253 g/mol. The number of hydrogen-bond donors (Lipinski definition) is 1. The van der Waals surface area contributed by atoms with Crippen LogP contribution in [0.4, 0.5) is 4.39 Å². The maximum atomic E-state index is 12.7. The van der Waals surface area contributed by atoms with Crippen LogP contribution < -0.4 is 0 Å². The first kappa shape index (κ1) is 14.7. The number of thioether (sulfide) groups is 1.